The number of halogens is 1. The number of primary amides is 2. The van der Waals surface area contributed by atoms with E-state index in [2.05, 4.69) is 5.32 Å². The van der Waals surface area contributed by atoms with E-state index in [0.717, 1.165) is 16.9 Å². The van der Waals surface area contributed by atoms with Crippen LogP contribution in [0.4, 0.5) is 19.0 Å². The number of rotatable bonds is 7. The van der Waals surface area contributed by atoms with Gasteiger partial charge >= 0.3 is 18.0 Å². The van der Waals surface area contributed by atoms with Crippen LogP contribution in [0.25, 0.3) is 10.4 Å². The van der Waals surface area contributed by atoms with Gasteiger partial charge in [0, 0.05) is 11.4 Å². The normalized spacial score (nSPS) is 15.2. The number of piperidine rings is 1. The van der Waals surface area contributed by atoms with Crippen molar-refractivity contribution in [2.24, 2.45) is 11.5 Å². The van der Waals surface area contributed by atoms with Gasteiger partial charge in [-0.1, -0.05) is 30.3 Å². The van der Waals surface area contributed by atoms with Crippen LogP contribution in [0.15, 0.2) is 54.6 Å². The number of urea groups is 2. The van der Waals surface area contributed by atoms with Crippen LogP contribution in [0.1, 0.15) is 28.8 Å². The Bertz CT molecular complexity index is 1270. The molecule has 1 aromatic heterocycles. The van der Waals surface area contributed by atoms with Gasteiger partial charge in [0.2, 0.25) is 0 Å². The minimum absolute atomic E-state index is 0.0785. The fourth-order valence-corrected chi connectivity index (χ4v) is 4.89. The molecule has 1 unspecified atom stereocenters. The lowest BCUT2D eigenvalue weighted by molar-refractivity contribution is 0.0129. The summed E-state index contributed by atoms with van der Waals surface area (Å²) < 4.78 is 25.9. The molecule has 1 fully saturated rings. The molecule has 11 heteroatoms. The molecule has 1 saturated heterocycles. The van der Waals surface area contributed by atoms with Crippen molar-refractivity contribution in [3.63, 3.8) is 0 Å². The molecule has 1 aliphatic heterocycles. The summed E-state index contributed by atoms with van der Waals surface area (Å²) >= 11 is 1.06. The second kappa shape index (κ2) is 11.1. The summed E-state index contributed by atoms with van der Waals surface area (Å²) in [4.78, 5) is 37.8. The number of benzene rings is 2. The predicted octanol–water partition coefficient (Wildman–Crippen LogP) is 4.32. The monoisotopic (exact) mass is 512 g/mol. The number of carbonyl (C=O) groups is 3. The van der Waals surface area contributed by atoms with Crippen LogP contribution < -0.4 is 21.5 Å². The summed E-state index contributed by atoms with van der Waals surface area (Å²) in [5.74, 6) is -1.18. The van der Waals surface area contributed by atoms with E-state index in [1.54, 1.807) is 6.07 Å². The molecule has 3 aromatic rings. The Hall–Kier alpha value is -4.12. The number of likely N-dealkylation sites (tertiary alicyclic amines) is 1. The number of hydrogen-bond donors (Lipinski definition) is 3. The number of thiophene rings is 1. The minimum atomic E-state index is -0.856. The highest BCUT2D eigenvalue weighted by Gasteiger charge is 2.27. The van der Waals surface area contributed by atoms with Crippen LogP contribution in [0.2, 0.25) is 0 Å². The van der Waals surface area contributed by atoms with Crippen molar-refractivity contribution in [2.75, 3.05) is 18.4 Å². The standard InChI is InChI=1S/C25H25FN4O5S/c26-19-11-16(8-9-20(19)34-14-15-5-2-1-3-6-15)21-12-18(22(36-21)29-24(27)32)23(31)35-17-7-4-10-30(13-17)25(28)33/h1-3,5-6,8-9,11-12,17H,4,7,10,13-14H2,(H2,28,33)(H3,27,29,32). The van der Waals surface area contributed by atoms with E-state index in [0.29, 0.717) is 29.8 Å². The van der Waals surface area contributed by atoms with Crippen LogP contribution in [-0.2, 0) is 11.3 Å². The highest BCUT2D eigenvalue weighted by molar-refractivity contribution is 7.20. The van der Waals surface area contributed by atoms with Crippen LogP contribution in [0.3, 0.4) is 0 Å². The molecule has 0 radical (unpaired) electrons. The fraction of sp³-hybridized carbons (Fsp3) is 0.240. The summed E-state index contributed by atoms with van der Waals surface area (Å²) in [6.07, 6.45) is 0.669. The zero-order valence-electron chi connectivity index (χ0n) is 19.2. The Labute approximate surface area is 210 Å². The third kappa shape index (κ3) is 6.11. The smallest absolute Gasteiger partial charge is 0.341 e. The van der Waals surface area contributed by atoms with Gasteiger partial charge in [0.1, 0.15) is 17.7 Å². The SMILES string of the molecule is NC(=O)Nc1sc(-c2ccc(OCc3ccccc3)c(F)c2)cc1C(=O)OC1CCCN(C(N)=O)C1. The van der Waals surface area contributed by atoms with E-state index in [4.69, 9.17) is 20.9 Å². The van der Waals surface area contributed by atoms with Crippen LogP contribution in [0, 0.1) is 5.82 Å². The number of esters is 1. The van der Waals surface area contributed by atoms with E-state index < -0.39 is 30.0 Å². The van der Waals surface area contributed by atoms with Crippen molar-refractivity contribution < 1.29 is 28.2 Å². The zero-order chi connectivity index (χ0) is 25.7. The quantitative estimate of drug-likeness (QED) is 0.405. The number of ether oxygens (including phenoxy) is 2. The molecule has 4 amide bonds. The first-order chi connectivity index (χ1) is 17.3. The van der Waals surface area contributed by atoms with Crippen molar-refractivity contribution in [1.82, 2.24) is 4.90 Å². The molecular formula is C25H25FN4O5S. The summed E-state index contributed by atoms with van der Waals surface area (Å²) in [5, 5.41) is 2.60. The third-order valence-corrected chi connectivity index (χ3v) is 6.71. The number of hydrogen-bond acceptors (Lipinski definition) is 6. The molecule has 0 spiro atoms. The largest absolute Gasteiger partial charge is 0.486 e. The topological polar surface area (TPSA) is 137 Å². The number of carbonyl (C=O) groups excluding carboxylic acids is 3. The van der Waals surface area contributed by atoms with Gasteiger partial charge in [0.15, 0.2) is 11.6 Å². The van der Waals surface area contributed by atoms with Crippen molar-refractivity contribution in [3.05, 3.63) is 71.5 Å². The van der Waals surface area contributed by atoms with Gasteiger partial charge in [-0.3, -0.25) is 5.32 Å². The van der Waals surface area contributed by atoms with Gasteiger partial charge in [0.05, 0.1) is 12.1 Å². The minimum Gasteiger partial charge on any atom is -0.486 e. The fourth-order valence-electron chi connectivity index (χ4n) is 3.85. The average molecular weight is 513 g/mol. The molecule has 2 heterocycles. The molecule has 5 N–H and O–H groups in total. The van der Waals surface area contributed by atoms with E-state index >= 15 is 0 Å². The third-order valence-electron chi connectivity index (χ3n) is 5.61. The molecule has 36 heavy (non-hydrogen) atoms. The lowest BCUT2D eigenvalue weighted by Crippen LogP contribution is -2.46. The Morgan fingerprint density at radius 2 is 1.89 bits per heavy atom. The maximum absolute atomic E-state index is 14.8. The van der Waals surface area contributed by atoms with Gasteiger partial charge in [-0.2, -0.15) is 0 Å². The second-order valence-electron chi connectivity index (χ2n) is 8.22. The lowest BCUT2D eigenvalue weighted by atomic mass is 10.1. The van der Waals surface area contributed by atoms with Gasteiger partial charge in [-0.15, -0.1) is 11.3 Å². The van der Waals surface area contributed by atoms with Gasteiger partial charge < -0.3 is 25.8 Å². The number of nitrogens with two attached hydrogens (primary N) is 2. The Kier molecular flexibility index (Phi) is 7.69. The Morgan fingerprint density at radius 1 is 1.11 bits per heavy atom. The highest BCUT2D eigenvalue weighted by atomic mass is 32.1. The molecule has 0 bridgehead atoms. The molecule has 0 aliphatic carbocycles. The summed E-state index contributed by atoms with van der Waals surface area (Å²) in [6.45, 7) is 0.899. The molecular weight excluding hydrogens is 487 g/mol. The molecule has 1 aliphatic rings. The first-order valence-corrected chi connectivity index (χ1v) is 12.0. The van der Waals surface area contributed by atoms with E-state index in [9.17, 15) is 18.8 Å². The lowest BCUT2D eigenvalue weighted by Gasteiger charge is -2.31. The molecule has 9 nitrogen and oxygen atoms in total. The predicted molar refractivity (Wildman–Crippen MR) is 133 cm³/mol. The Balaban J connectivity index is 1.52. The van der Waals surface area contributed by atoms with Crippen molar-refractivity contribution in [1.29, 1.82) is 0 Å². The summed E-state index contributed by atoms with van der Waals surface area (Å²) in [6, 6.07) is 13.9. The number of nitrogens with one attached hydrogen (secondary N) is 1. The van der Waals surface area contributed by atoms with E-state index in [1.807, 2.05) is 30.3 Å². The van der Waals surface area contributed by atoms with Crippen molar-refractivity contribution >= 4 is 34.4 Å². The van der Waals surface area contributed by atoms with Crippen molar-refractivity contribution in [3.8, 4) is 16.2 Å². The molecule has 1 atom stereocenters. The van der Waals surface area contributed by atoms with Crippen LogP contribution in [-0.4, -0.2) is 42.1 Å². The van der Waals surface area contributed by atoms with Crippen molar-refractivity contribution in [2.45, 2.75) is 25.6 Å². The summed E-state index contributed by atoms with van der Waals surface area (Å²) in [5.41, 5.74) is 12.1. The number of anilines is 1. The van der Waals surface area contributed by atoms with Gasteiger partial charge in [-0.25, -0.2) is 18.8 Å². The second-order valence-corrected chi connectivity index (χ2v) is 9.27. The van der Waals surface area contributed by atoms with Crippen LogP contribution in [0.5, 0.6) is 5.75 Å². The molecule has 0 saturated carbocycles. The maximum atomic E-state index is 14.8. The average Bonchev–Trinajstić information content (AvgIpc) is 3.27. The highest BCUT2D eigenvalue weighted by Crippen LogP contribution is 2.37. The molecule has 4 rings (SSSR count). The maximum Gasteiger partial charge on any atom is 0.341 e. The van der Waals surface area contributed by atoms with E-state index in [-0.39, 0.29) is 29.5 Å². The van der Waals surface area contributed by atoms with E-state index in [1.165, 1.54) is 23.1 Å². The molecule has 188 valence electrons. The summed E-state index contributed by atoms with van der Waals surface area (Å²) in [7, 11) is 0. The first-order valence-electron chi connectivity index (χ1n) is 11.2. The van der Waals surface area contributed by atoms with Gasteiger partial charge in [-0.05, 0) is 48.2 Å². The molecule has 2 aromatic carbocycles. The Morgan fingerprint density at radius 3 is 2.58 bits per heavy atom. The van der Waals surface area contributed by atoms with Gasteiger partial charge in [0.25, 0.3) is 0 Å². The first kappa shape index (κ1) is 25.0. The van der Waals surface area contributed by atoms with Crippen LogP contribution >= 0.6 is 11.3 Å². The zero-order valence-corrected chi connectivity index (χ0v) is 20.1. The number of nitrogens with zero attached hydrogens (tertiary/aromatic N) is 1. The number of amides is 4.